The first kappa shape index (κ1) is 14.4. The monoisotopic (exact) mass is 216 g/mol. The molecule has 0 heterocycles. The van der Waals surface area contributed by atoms with Crippen LogP contribution in [0.2, 0.25) is 0 Å². The lowest BCUT2D eigenvalue weighted by Crippen LogP contribution is -2.31. The fourth-order valence-corrected chi connectivity index (χ4v) is 1.21. The van der Waals surface area contributed by atoms with Crippen LogP contribution in [0, 0.1) is 0 Å². The molecule has 0 aromatic carbocycles. The van der Waals surface area contributed by atoms with Gasteiger partial charge in [-0.3, -0.25) is 4.79 Å². The van der Waals surface area contributed by atoms with Crippen LogP contribution in [-0.2, 0) is 9.53 Å². The van der Waals surface area contributed by atoms with Crippen LogP contribution < -0.4 is 10.6 Å². The van der Waals surface area contributed by atoms with E-state index in [4.69, 9.17) is 4.74 Å². The summed E-state index contributed by atoms with van der Waals surface area (Å²) >= 11 is 0. The summed E-state index contributed by atoms with van der Waals surface area (Å²) in [6, 6.07) is 0. The highest BCUT2D eigenvalue weighted by molar-refractivity contribution is 5.75. The molecule has 0 bridgehead atoms. The number of methoxy groups -OCH3 is 1. The molecule has 0 unspecified atom stereocenters. The Morgan fingerprint density at radius 3 is 2.67 bits per heavy atom. The lowest BCUT2D eigenvalue weighted by Gasteiger charge is -2.05. The number of unbranched alkanes of at least 4 members (excludes halogenated alkanes) is 1. The molecule has 4 heteroatoms. The third-order valence-corrected chi connectivity index (χ3v) is 2.05. The van der Waals surface area contributed by atoms with Crippen molar-refractivity contribution in [3.8, 4) is 0 Å². The summed E-state index contributed by atoms with van der Waals surface area (Å²) in [5.74, 6) is 0.143. The fourth-order valence-electron chi connectivity index (χ4n) is 1.21. The molecule has 0 aromatic heterocycles. The van der Waals surface area contributed by atoms with Crippen molar-refractivity contribution in [2.75, 3.05) is 33.4 Å². The maximum atomic E-state index is 11.3. The number of rotatable bonds is 10. The average Bonchev–Trinajstić information content (AvgIpc) is 2.24. The predicted octanol–water partition coefficient (Wildman–Crippen LogP) is 0.919. The van der Waals surface area contributed by atoms with E-state index in [0.29, 0.717) is 6.42 Å². The molecule has 0 saturated carbocycles. The number of carbonyl (C=O) groups excluding carboxylic acids is 1. The second kappa shape index (κ2) is 11.5. The van der Waals surface area contributed by atoms with Crippen molar-refractivity contribution < 1.29 is 9.53 Å². The van der Waals surface area contributed by atoms with Crippen molar-refractivity contribution in [2.45, 2.75) is 32.6 Å². The van der Waals surface area contributed by atoms with Gasteiger partial charge in [-0.1, -0.05) is 6.92 Å². The van der Waals surface area contributed by atoms with Crippen molar-refractivity contribution in [2.24, 2.45) is 0 Å². The molecule has 0 aliphatic rings. The van der Waals surface area contributed by atoms with Gasteiger partial charge in [-0.05, 0) is 25.8 Å². The summed E-state index contributed by atoms with van der Waals surface area (Å²) in [6.07, 6.45) is 3.60. The Hall–Kier alpha value is -0.610. The summed E-state index contributed by atoms with van der Waals surface area (Å²) in [7, 11) is 1.68. The molecule has 0 radical (unpaired) electrons. The standard InChI is InChI=1S/C11H24N2O2/c1-3-7-12-8-9-13-11(14)6-4-5-10-15-2/h12H,3-10H2,1-2H3,(H,13,14). The first-order valence-corrected chi connectivity index (χ1v) is 5.77. The van der Waals surface area contributed by atoms with Crippen molar-refractivity contribution in [1.29, 1.82) is 0 Å². The van der Waals surface area contributed by atoms with Crippen LogP contribution in [0.5, 0.6) is 0 Å². The van der Waals surface area contributed by atoms with Gasteiger partial charge in [0.1, 0.15) is 0 Å². The molecule has 15 heavy (non-hydrogen) atoms. The van der Waals surface area contributed by atoms with E-state index in [2.05, 4.69) is 17.6 Å². The van der Waals surface area contributed by atoms with Crippen molar-refractivity contribution >= 4 is 5.91 Å². The molecular weight excluding hydrogens is 192 g/mol. The zero-order valence-corrected chi connectivity index (χ0v) is 9.97. The van der Waals surface area contributed by atoms with Crippen molar-refractivity contribution in [3.63, 3.8) is 0 Å². The van der Waals surface area contributed by atoms with Gasteiger partial charge in [0.15, 0.2) is 0 Å². The Kier molecular flexibility index (Phi) is 11.0. The molecule has 4 nitrogen and oxygen atoms in total. The molecule has 90 valence electrons. The van der Waals surface area contributed by atoms with E-state index in [0.717, 1.165) is 45.5 Å². The van der Waals surface area contributed by atoms with Gasteiger partial charge in [-0.2, -0.15) is 0 Å². The van der Waals surface area contributed by atoms with Gasteiger partial charge in [0.25, 0.3) is 0 Å². The van der Waals surface area contributed by atoms with Gasteiger partial charge >= 0.3 is 0 Å². The molecule has 0 aromatic rings. The average molecular weight is 216 g/mol. The Morgan fingerprint density at radius 1 is 1.20 bits per heavy atom. The molecule has 0 atom stereocenters. The van der Waals surface area contributed by atoms with E-state index < -0.39 is 0 Å². The maximum absolute atomic E-state index is 11.3. The SMILES string of the molecule is CCCNCCNC(=O)CCCCOC. The second-order valence-corrected chi connectivity index (χ2v) is 3.55. The van der Waals surface area contributed by atoms with Crippen LogP contribution in [-0.4, -0.2) is 39.3 Å². The molecular formula is C11H24N2O2. The number of hydrogen-bond donors (Lipinski definition) is 2. The van der Waals surface area contributed by atoms with Crippen molar-refractivity contribution in [1.82, 2.24) is 10.6 Å². The predicted molar refractivity (Wildman–Crippen MR) is 61.9 cm³/mol. The number of amides is 1. The smallest absolute Gasteiger partial charge is 0.220 e. The van der Waals surface area contributed by atoms with Gasteiger partial charge in [0.05, 0.1) is 0 Å². The van der Waals surface area contributed by atoms with Gasteiger partial charge in [-0.15, -0.1) is 0 Å². The fraction of sp³-hybridized carbons (Fsp3) is 0.909. The Morgan fingerprint density at radius 2 is 2.00 bits per heavy atom. The summed E-state index contributed by atoms with van der Waals surface area (Å²) < 4.78 is 4.91. The first-order valence-electron chi connectivity index (χ1n) is 5.77. The third-order valence-electron chi connectivity index (χ3n) is 2.05. The summed E-state index contributed by atoms with van der Waals surface area (Å²) in [5.41, 5.74) is 0. The minimum atomic E-state index is 0.143. The molecule has 0 saturated heterocycles. The Labute approximate surface area is 92.8 Å². The highest BCUT2D eigenvalue weighted by Gasteiger charge is 1.99. The van der Waals surface area contributed by atoms with Gasteiger partial charge in [0.2, 0.25) is 5.91 Å². The van der Waals surface area contributed by atoms with E-state index in [1.54, 1.807) is 7.11 Å². The van der Waals surface area contributed by atoms with Gasteiger partial charge in [0, 0.05) is 33.2 Å². The van der Waals surface area contributed by atoms with Crippen LogP contribution in [0.15, 0.2) is 0 Å². The van der Waals surface area contributed by atoms with E-state index in [9.17, 15) is 4.79 Å². The highest BCUT2D eigenvalue weighted by atomic mass is 16.5. The highest BCUT2D eigenvalue weighted by Crippen LogP contribution is 1.94. The minimum Gasteiger partial charge on any atom is -0.385 e. The van der Waals surface area contributed by atoms with Crippen LogP contribution in [0.1, 0.15) is 32.6 Å². The number of ether oxygens (including phenoxy) is 1. The van der Waals surface area contributed by atoms with E-state index >= 15 is 0 Å². The molecule has 0 aliphatic carbocycles. The maximum Gasteiger partial charge on any atom is 0.220 e. The summed E-state index contributed by atoms with van der Waals surface area (Å²) in [6.45, 7) is 5.47. The van der Waals surface area contributed by atoms with Crippen LogP contribution in [0.4, 0.5) is 0 Å². The number of hydrogen-bond acceptors (Lipinski definition) is 3. The zero-order valence-electron chi connectivity index (χ0n) is 9.97. The molecule has 0 fully saturated rings. The summed E-state index contributed by atoms with van der Waals surface area (Å²) in [4.78, 5) is 11.3. The molecule has 2 N–H and O–H groups in total. The largest absolute Gasteiger partial charge is 0.385 e. The molecule has 0 spiro atoms. The minimum absolute atomic E-state index is 0.143. The Bertz CT molecular complexity index is 152. The van der Waals surface area contributed by atoms with E-state index in [-0.39, 0.29) is 5.91 Å². The third kappa shape index (κ3) is 11.3. The number of nitrogens with one attached hydrogen (secondary N) is 2. The normalized spacial score (nSPS) is 10.3. The lowest BCUT2D eigenvalue weighted by molar-refractivity contribution is -0.121. The lowest BCUT2D eigenvalue weighted by atomic mass is 10.2. The topological polar surface area (TPSA) is 50.4 Å². The zero-order chi connectivity index (χ0) is 11.4. The van der Waals surface area contributed by atoms with Gasteiger partial charge in [-0.25, -0.2) is 0 Å². The Balaban J connectivity index is 3.11. The first-order chi connectivity index (χ1) is 7.31. The summed E-state index contributed by atoms with van der Waals surface area (Å²) in [5, 5.41) is 6.11. The molecule has 0 aliphatic heterocycles. The van der Waals surface area contributed by atoms with Gasteiger partial charge < -0.3 is 15.4 Å². The molecule has 1 amide bonds. The number of carbonyl (C=O) groups is 1. The van der Waals surface area contributed by atoms with E-state index in [1.165, 1.54) is 0 Å². The van der Waals surface area contributed by atoms with Crippen LogP contribution >= 0.6 is 0 Å². The quantitative estimate of drug-likeness (QED) is 0.534. The van der Waals surface area contributed by atoms with E-state index in [1.807, 2.05) is 0 Å². The second-order valence-electron chi connectivity index (χ2n) is 3.55. The van der Waals surface area contributed by atoms with Crippen LogP contribution in [0.3, 0.4) is 0 Å². The molecule has 0 rings (SSSR count). The van der Waals surface area contributed by atoms with Crippen LogP contribution in [0.25, 0.3) is 0 Å². The van der Waals surface area contributed by atoms with Crippen molar-refractivity contribution in [3.05, 3.63) is 0 Å².